The molecule has 0 amide bonds. The maximum Gasteiger partial charge on any atom is 0.261 e. The van der Waals surface area contributed by atoms with Gasteiger partial charge in [0.25, 0.3) is 5.56 Å². The summed E-state index contributed by atoms with van der Waals surface area (Å²) in [7, 11) is 0. The number of aromatic amines is 1. The second kappa shape index (κ2) is 6.53. The molecule has 2 heterocycles. The molecule has 122 valence electrons. The molecule has 0 bridgehead atoms. The van der Waals surface area contributed by atoms with Crippen LogP contribution in [0.1, 0.15) is 0 Å². The second-order valence-corrected chi connectivity index (χ2v) is 6.36. The first-order valence-corrected chi connectivity index (χ1v) is 9.08. The van der Waals surface area contributed by atoms with E-state index in [2.05, 4.69) is 15.0 Å². The Morgan fingerprint density at radius 1 is 0.880 bits per heavy atom. The van der Waals surface area contributed by atoms with Crippen molar-refractivity contribution < 1.29 is 0 Å². The molecule has 0 fully saturated rings. The number of hydrogen-bond acceptors (Lipinski definition) is 4. The Hall–Kier alpha value is -2.92. The molecule has 0 saturated heterocycles. The van der Waals surface area contributed by atoms with Crippen LogP contribution in [-0.4, -0.2) is 21.2 Å². The molecular weight excluding hydrogens is 330 g/mol. The van der Waals surface area contributed by atoms with Crippen LogP contribution in [-0.2, 0) is 0 Å². The van der Waals surface area contributed by atoms with Crippen molar-refractivity contribution in [2.24, 2.45) is 0 Å². The zero-order valence-corrected chi connectivity index (χ0v) is 14.4. The highest BCUT2D eigenvalue weighted by Gasteiger charge is 2.14. The third-order valence-corrected chi connectivity index (χ3v) is 4.58. The molecule has 0 radical (unpaired) electrons. The molecule has 25 heavy (non-hydrogen) atoms. The fraction of sp³-hybridized carbons (Fsp3) is 0.0500. The lowest BCUT2D eigenvalue weighted by atomic mass is 10.0. The summed E-state index contributed by atoms with van der Waals surface area (Å²) in [5, 5.41) is 1.08. The van der Waals surface area contributed by atoms with E-state index in [9.17, 15) is 4.79 Å². The van der Waals surface area contributed by atoms with Gasteiger partial charge in [-0.15, -0.1) is 0 Å². The quantitative estimate of drug-likeness (QED) is 0.442. The van der Waals surface area contributed by atoms with Gasteiger partial charge in [-0.05, 0) is 17.9 Å². The summed E-state index contributed by atoms with van der Waals surface area (Å²) in [5.74, 6) is 0. The Morgan fingerprint density at radius 3 is 2.16 bits per heavy atom. The van der Waals surface area contributed by atoms with Gasteiger partial charge in [-0.3, -0.25) is 4.79 Å². The second-order valence-electron chi connectivity index (χ2n) is 5.56. The minimum atomic E-state index is -0.166. The summed E-state index contributed by atoms with van der Waals surface area (Å²) in [6.07, 6.45) is 1.88. The van der Waals surface area contributed by atoms with E-state index in [1.165, 1.54) is 11.8 Å². The summed E-state index contributed by atoms with van der Waals surface area (Å²) in [4.78, 5) is 24.7. The molecule has 0 aliphatic carbocycles. The molecule has 0 atom stereocenters. The van der Waals surface area contributed by atoms with Crippen molar-refractivity contribution >= 4 is 22.8 Å². The Labute approximate surface area is 149 Å². The van der Waals surface area contributed by atoms with E-state index in [1.807, 2.05) is 73.0 Å². The zero-order chi connectivity index (χ0) is 17.2. The summed E-state index contributed by atoms with van der Waals surface area (Å²) in [6, 6.07) is 21.8. The normalized spacial score (nSPS) is 10.9. The summed E-state index contributed by atoms with van der Waals surface area (Å²) in [6.45, 7) is 0. The average molecular weight is 345 g/mol. The van der Waals surface area contributed by atoms with E-state index in [0.29, 0.717) is 16.2 Å². The lowest BCUT2D eigenvalue weighted by molar-refractivity contribution is 0.965. The SMILES string of the molecule is CSc1nc2nc(-c3ccccc3)cc(-c3ccccc3)c2c(=O)[nH]1. The van der Waals surface area contributed by atoms with Crippen molar-refractivity contribution in [2.45, 2.75) is 5.16 Å². The number of nitrogens with one attached hydrogen (secondary N) is 1. The molecule has 0 aliphatic rings. The van der Waals surface area contributed by atoms with Gasteiger partial charge in [0.1, 0.15) is 0 Å². The van der Waals surface area contributed by atoms with E-state index < -0.39 is 0 Å². The molecule has 0 spiro atoms. The lowest BCUT2D eigenvalue weighted by Crippen LogP contribution is -2.11. The fourth-order valence-electron chi connectivity index (χ4n) is 2.82. The van der Waals surface area contributed by atoms with E-state index in [4.69, 9.17) is 0 Å². The Bertz CT molecular complexity index is 1090. The molecular formula is C20H15N3OS. The van der Waals surface area contributed by atoms with Crippen LogP contribution in [0.15, 0.2) is 76.7 Å². The average Bonchev–Trinajstić information content (AvgIpc) is 2.68. The van der Waals surface area contributed by atoms with Gasteiger partial charge in [-0.25, -0.2) is 9.97 Å². The van der Waals surface area contributed by atoms with Crippen LogP contribution in [0.5, 0.6) is 0 Å². The number of fused-ring (bicyclic) bond motifs is 1. The standard InChI is InChI=1S/C20H15N3OS/c1-25-20-22-18-17(19(24)23-20)15(13-8-4-2-5-9-13)12-16(21-18)14-10-6-3-7-11-14/h2-12H,1H3,(H,21,22,23,24). The predicted octanol–water partition coefficient (Wildman–Crippen LogP) is 4.37. The highest BCUT2D eigenvalue weighted by Crippen LogP contribution is 2.30. The van der Waals surface area contributed by atoms with Crippen LogP contribution in [0.4, 0.5) is 0 Å². The maximum atomic E-state index is 12.7. The molecule has 0 unspecified atom stereocenters. The Morgan fingerprint density at radius 2 is 1.52 bits per heavy atom. The maximum absolute atomic E-state index is 12.7. The number of pyridine rings is 1. The monoisotopic (exact) mass is 345 g/mol. The van der Waals surface area contributed by atoms with Gasteiger partial charge >= 0.3 is 0 Å². The number of H-pyrrole nitrogens is 1. The lowest BCUT2D eigenvalue weighted by Gasteiger charge is -2.10. The number of rotatable bonds is 3. The van der Waals surface area contributed by atoms with Crippen molar-refractivity contribution in [3.63, 3.8) is 0 Å². The van der Waals surface area contributed by atoms with Crippen LogP contribution in [0.25, 0.3) is 33.4 Å². The smallest absolute Gasteiger partial charge is 0.261 e. The molecule has 5 heteroatoms. The van der Waals surface area contributed by atoms with Crippen molar-refractivity contribution in [3.05, 3.63) is 77.1 Å². The minimum absolute atomic E-state index is 0.166. The van der Waals surface area contributed by atoms with Gasteiger partial charge in [0.05, 0.1) is 11.1 Å². The van der Waals surface area contributed by atoms with Crippen LogP contribution in [0, 0.1) is 0 Å². The van der Waals surface area contributed by atoms with Crippen LogP contribution < -0.4 is 5.56 Å². The van der Waals surface area contributed by atoms with E-state index in [-0.39, 0.29) is 5.56 Å². The van der Waals surface area contributed by atoms with Gasteiger partial charge in [0.15, 0.2) is 10.8 Å². The summed E-state index contributed by atoms with van der Waals surface area (Å²) >= 11 is 1.39. The van der Waals surface area contributed by atoms with Gasteiger partial charge in [-0.1, -0.05) is 72.4 Å². The van der Waals surface area contributed by atoms with E-state index in [1.54, 1.807) is 0 Å². The number of hydrogen-bond donors (Lipinski definition) is 1. The number of aromatic nitrogens is 3. The van der Waals surface area contributed by atoms with Crippen LogP contribution in [0.3, 0.4) is 0 Å². The third kappa shape index (κ3) is 2.94. The minimum Gasteiger partial charge on any atom is -0.301 e. The highest BCUT2D eigenvalue weighted by atomic mass is 32.2. The van der Waals surface area contributed by atoms with E-state index >= 15 is 0 Å². The van der Waals surface area contributed by atoms with Gasteiger partial charge in [-0.2, -0.15) is 0 Å². The van der Waals surface area contributed by atoms with E-state index in [0.717, 1.165) is 22.4 Å². The Balaban J connectivity index is 2.09. The third-order valence-electron chi connectivity index (χ3n) is 4.00. The van der Waals surface area contributed by atoms with Crippen LogP contribution in [0.2, 0.25) is 0 Å². The van der Waals surface area contributed by atoms with Gasteiger partial charge in [0.2, 0.25) is 0 Å². The molecule has 1 N–H and O–H groups in total. The zero-order valence-electron chi connectivity index (χ0n) is 13.6. The predicted molar refractivity (Wildman–Crippen MR) is 103 cm³/mol. The number of thioether (sulfide) groups is 1. The summed E-state index contributed by atoms with van der Waals surface area (Å²) < 4.78 is 0. The van der Waals surface area contributed by atoms with Crippen molar-refractivity contribution in [2.75, 3.05) is 6.26 Å². The van der Waals surface area contributed by atoms with Crippen molar-refractivity contribution in [3.8, 4) is 22.4 Å². The molecule has 4 aromatic rings. The largest absolute Gasteiger partial charge is 0.301 e. The van der Waals surface area contributed by atoms with Gasteiger partial charge < -0.3 is 4.98 Å². The Kier molecular flexibility index (Phi) is 4.07. The molecule has 0 saturated carbocycles. The topological polar surface area (TPSA) is 58.6 Å². The first kappa shape index (κ1) is 15.6. The molecule has 4 rings (SSSR count). The first-order valence-electron chi connectivity index (χ1n) is 7.86. The molecule has 4 nitrogen and oxygen atoms in total. The van der Waals surface area contributed by atoms with Crippen molar-refractivity contribution in [1.82, 2.24) is 15.0 Å². The van der Waals surface area contributed by atoms with Crippen molar-refractivity contribution in [1.29, 1.82) is 0 Å². The number of nitrogens with zero attached hydrogens (tertiary/aromatic N) is 2. The summed E-state index contributed by atoms with van der Waals surface area (Å²) in [5.41, 5.74) is 3.90. The van der Waals surface area contributed by atoms with Crippen LogP contribution >= 0.6 is 11.8 Å². The fourth-order valence-corrected chi connectivity index (χ4v) is 3.19. The molecule has 2 aromatic heterocycles. The molecule has 2 aromatic carbocycles. The number of benzene rings is 2. The molecule has 0 aliphatic heterocycles. The first-order chi connectivity index (χ1) is 12.3. The highest BCUT2D eigenvalue weighted by molar-refractivity contribution is 7.98. The van der Waals surface area contributed by atoms with Gasteiger partial charge in [0, 0.05) is 11.1 Å².